The van der Waals surface area contributed by atoms with Gasteiger partial charge in [-0.25, -0.2) is 4.39 Å². The maximum atomic E-state index is 14.0. The van der Waals surface area contributed by atoms with E-state index in [1.54, 1.807) is 42.7 Å². The van der Waals surface area contributed by atoms with Gasteiger partial charge in [0.25, 0.3) is 5.91 Å². The summed E-state index contributed by atoms with van der Waals surface area (Å²) in [5.74, 6) is -0.923. The smallest absolute Gasteiger partial charge is 0.291 e. The lowest BCUT2D eigenvalue weighted by molar-refractivity contribution is 0.0714. The van der Waals surface area contributed by atoms with Crippen LogP contribution < -0.4 is 5.43 Å². The number of hydrogen-bond acceptors (Lipinski definition) is 4. The lowest BCUT2D eigenvalue weighted by atomic mass is 9.98. The summed E-state index contributed by atoms with van der Waals surface area (Å²) in [5, 5.41) is 0.660. The van der Waals surface area contributed by atoms with Crippen LogP contribution in [0.1, 0.15) is 33.3 Å². The van der Waals surface area contributed by atoms with Crippen LogP contribution in [0.25, 0.3) is 11.0 Å². The third-order valence-electron chi connectivity index (χ3n) is 5.17. The average Bonchev–Trinajstić information content (AvgIpc) is 3.02. The quantitative estimate of drug-likeness (QED) is 0.481. The van der Waals surface area contributed by atoms with Gasteiger partial charge in [0.15, 0.2) is 5.43 Å². The number of hydrogen-bond donors (Lipinski definition) is 0. The second-order valence-corrected chi connectivity index (χ2v) is 7.50. The number of carbonyl (C=O) groups excluding carboxylic acids is 1. The number of fused-ring (bicyclic) bond motifs is 2. The van der Waals surface area contributed by atoms with Crippen molar-refractivity contribution >= 4 is 28.5 Å². The number of aromatic nitrogens is 1. The zero-order valence-corrected chi connectivity index (χ0v) is 16.3. The van der Waals surface area contributed by atoms with Crippen molar-refractivity contribution in [3.63, 3.8) is 0 Å². The molecular weight excluding hydrogens is 407 g/mol. The summed E-state index contributed by atoms with van der Waals surface area (Å²) >= 11 is 6.07. The van der Waals surface area contributed by atoms with Gasteiger partial charge in [0.05, 0.1) is 17.0 Å². The SMILES string of the molecule is O=C1c2oc3ccc(Cl)cc3c(=O)c2[C@H](c2cccc(F)c2)N1Cc1cccnc1. The van der Waals surface area contributed by atoms with Gasteiger partial charge >= 0.3 is 0 Å². The molecule has 0 saturated heterocycles. The maximum absolute atomic E-state index is 14.0. The van der Waals surface area contributed by atoms with E-state index >= 15 is 0 Å². The van der Waals surface area contributed by atoms with Crippen LogP contribution in [-0.4, -0.2) is 15.8 Å². The van der Waals surface area contributed by atoms with Crippen LogP contribution in [0, 0.1) is 5.82 Å². The Morgan fingerprint density at radius 1 is 1.10 bits per heavy atom. The van der Waals surface area contributed by atoms with Crippen molar-refractivity contribution in [3.8, 4) is 0 Å². The first-order valence-electron chi connectivity index (χ1n) is 9.24. The molecule has 1 aliphatic rings. The van der Waals surface area contributed by atoms with Crippen LogP contribution in [0.15, 0.2) is 76.2 Å². The van der Waals surface area contributed by atoms with E-state index < -0.39 is 17.8 Å². The molecule has 1 aliphatic heterocycles. The molecular formula is C23H14ClFN2O3. The molecule has 0 aliphatic carbocycles. The Morgan fingerprint density at radius 2 is 1.97 bits per heavy atom. The number of carbonyl (C=O) groups is 1. The molecule has 0 radical (unpaired) electrons. The monoisotopic (exact) mass is 420 g/mol. The van der Waals surface area contributed by atoms with Gasteiger partial charge < -0.3 is 9.32 Å². The Kier molecular flexibility index (Phi) is 4.37. The number of rotatable bonds is 3. The fraction of sp³-hybridized carbons (Fsp3) is 0.0870. The van der Waals surface area contributed by atoms with E-state index in [2.05, 4.69) is 4.98 Å². The second kappa shape index (κ2) is 7.07. The minimum absolute atomic E-state index is 0.0343. The van der Waals surface area contributed by atoms with Gasteiger partial charge in [-0.15, -0.1) is 0 Å². The van der Waals surface area contributed by atoms with Crippen molar-refractivity contribution in [2.75, 3.05) is 0 Å². The molecule has 0 N–H and O–H groups in total. The minimum atomic E-state index is -0.789. The van der Waals surface area contributed by atoms with E-state index in [0.717, 1.165) is 5.56 Å². The summed E-state index contributed by atoms with van der Waals surface area (Å²) < 4.78 is 19.9. The largest absolute Gasteiger partial charge is 0.450 e. The van der Waals surface area contributed by atoms with Crippen molar-refractivity contribution in [2.45, 2.75) is 12.6 Å². The highest BCUT2D eigenvalue weighted by molar-refractivity contribution is 6.31. The lowest BCUT2D eigenvalue weighted by Crippen LogP contribution is -2.29. The van der Waals surface area contributed by atoms with Crippen molar-refractivity contribution in [3.05, 3.63) is 111 Å². The zero-order chi connectivity index (χ0) is 20.8. The number of amides is 1. The first kappa shape index (κ1) is 18.5. The molecule has 5 rings (SSSR count). The number of pyridine rings is 1. The van der Waals surface area contributed by atoms with Crippen molar-refractivity contribution in [1.29, 1.82) is 0 Å². The molecule has 1 amide bonds. The first-order chi connectivity index (χ1) is 14.5. The third kappa shape index (κ3) is 2.97. The highest BCUT2D eigenvalue weighted by Crippen LogP contribution is 2.39. The summed E-state index contributed by atoms with van der Waals surface area (Å²) in [6, 6.07) is 13.4. The van der Waals surface area contributed by atoms with Gasteiger partial charge in [-0.05, 0) is 47.5 Å². The molecule has 7 heteroatoms. The standard InChI is InChI=1S/C23H14ClFN2O3/c24-15-6-7-18-17(10-15)21(28)19-20(14-4-1-5-16(25)9-14)27(23(29)22(19)30-18)12-13-3-2-8-26-11-13/h1-11,20H,12H2/t20-/m0/s1. The van der Waals surface area contributed by atoms with Crippen LogP contribution in [0.5, 0.6) is 0 Å². The molecule has 4 aromatic rings. The van der Waals surface area contributed by atoms with Crippen LogP contribution in [0.4, 0.5) is 4.39 Å². The van der Waals surface area contributed by atoms with Gasteiger partial charge in [-0.2, -0.15) is 0 Å². The number of benzene rings is 2. The molecule has 30 heavy (non-hydrogen) atoms. The van der Waals surface area contributed by atoms with Crippen molar-refractivity contribution in [2.24, 2.45) is 0 Å². The molecule has 2 aromatic carbocycles. The van der Waals surface area contributed by atoms with Gasteiger partial charge in [0, 0.05) is 24.0 Å². The van der Waals surface area contributed by atoms with Crippen molar-refractivity contribution < 1.29 is 13.6 Å². The van der Waals surface area contributed by atoms with Gasteiger partial charge in [0.1, 0.15) is 11.4 Å². The Labute approximate surface area is 175 Å². The third-order valence-corrected chi connectivity index (χ3v) is 5.40. The molecule has 0 saturated carbocycles. The van der Waals surface area contributed by atoms with E-state index in [0.29, 0.717) is 10.6 Å². The van der Waals surface area contributed by atoms with E-state index in [-0.39, 0.29) is 34.3 Å². The predicted molar refractivity (Wildman–Crippen MR) is 110 cm³/mol. The second-order valence-electron chi connectivity index (χ2n) is 7.07. The zero-order valence-electron chi connectivity index (χ0n) is 15.5. The Balaban J connectivity index is 1.75. The Morgan fingerprint density at radius 3 is 2.73 bits per heavy atom. The highest BCUT2D eigenvalue weighted by Gasteiger charge is 2.42. The Bertz CT molecular complexity index is 1350. The molecule has 0 spiro atoms. The molecule has 5 nitrogen and oxygen atoms in total. The molecule has 0 unspecified atom stereocenters. The first-order valence-corrected chi connectivity index (χ1v) is 9.62. The lowest BCUT2D eigenvalue weighted by Gasteiger charge is -2.25. The molecule has 0 fully saturated rings. The summed E-state index contributed by atoms with van der Waals surface area (Å²) in [6.45, 7) is 0.189. The topological polar surface area (TPSA) is 63.4 Å². The maximum Gasteiger partial charge on any atom is 0.291 e. The van der Waals surface area contributed by atoms with Gasteiger partial charge in [-0.3, -0.25) is 14.6 Å². The van der Waals surface area contributed by atoms with E-state index in [9.17, 15) is 14.0 Å². The molecule has 0 bridgehead atoms. The van der Waals surface area contributed by atoms with E-state index in [4.69, 9.17) is 16.0 Å². The summed E-state index contributed by atoms with van der Waals surface area (Å²) in [7, 11) is 0. The average molecular weight is 421 g/mol. The van der Waals surface area contributed by atoms with Gasteiger partial charge in [0.2, 0.25) is 5.76 Å². The molecule has 2 aromatic heterocycles. The fourth-order valence-corrected chi connectivity index (χ4v) is 4.04. The summed E-state index contributed by atoms with van der Waals surface area (Å²) in [4.78, 5) is 32.3. The van der Waals surface area contributed by atoms with Crippen molar-refractivity contribution in [1.82, 2.24) is 9.88 Å². The summed E-state index contributed by atoms with van der Waals surface area (Å²) in [5.41, 5.74) is 1.37. The normalized spacial score (nSPS) is 15.6. The predicted octanol–water partition coefficient (Wildman–Crippen LogP) is 4.73. The van der Waals surface area contributed by atoms with Gasteiger partial charge in [-0.1, -0.05) is 29.8 Å². The van der Waals surface area contributed by atoms with Crippen LogP contribution in [0.2, 0.25) is 5.02 Å². The van der Waals surface area contributed by atoms with Crippen LogP contribution >= 0.6 is 11.6 Å². The fourth-order valence-electron chi connectivity index (χ4n) is 3.87. The summed E-state index contributed by atoms with van der Waals surface area (Å²) in [6.07, 6.45) is 3.28. The molecule has 1 atom stereocenters. The molecule has 148 valence electrons. The van der Waals surface area contributed by atoms with E-state index in [1.165, 1.54) is 23.1 Å². The molecule has 3 heterocycles. The van der Waals surface area contributed by atoms with Crippen LogP contribution in [-0.2, 0) is 6.54 Å². The highest BCUT2D eigenvalue weighted by atomic mass is 35.5. The van der Waals surface area contributed by atoms with E-state index in [1.807, 2.05) is 6.07 Å². The minimum Gasteiger partial charge on any atom is -0.450 e. The number of halogens is 2. The Hall–Kier alpha value is -3.51. The van der Waals surface area contributed by atoms with Crippen LogP contribution in [0.3, 0.4) is 0 Å². The number of nitrogens with zero attached hydrogens (tertiary/aromatic N) is 2.